The second kappa shape index (κ2) is 2.85. The molecule has 0 aromatic carbocycles. The lowest BCUT2D eigenvalue weighted by Crippen LogP contribution is -2.01. The highest BCUT2D eigenvalue weighted by molar-refractivity contribution is 6.34. The van der Waals surface area contributed by atoms with Crippen LogP contribution in [0.1, 0.15) is 0 Å². The van der Waals surface area contributed by atoms with Crippen molar-refractivity contribution in [1.82, 2.24) is 0 Å². The van der Waals surface area contributed by atoms with Crippen molar-refractivity contribution in [3.63, 3.8) is 0 Å². The molecule has 10 heavy (non-hydrogen) atoms. The van der Waals surface area contributed by atoms with Crippen molar-refractivity contribution < 1.29 is 9.59 Å². The summed E-state index contributed by atoms with van der Waals surface area (Å²) in [5, 5.41) is 0. The quantitative estimate of drug-likeness (QED) is 0.314. The van der Waals surface area contributed by atoms with Gasteiger partial charge in [0, 0.05) is 12.2 Å². The van der Waals surface area contributed by atoms with E-state index in [0.717, 1.165) is 0 Å². The molecule has 2 nitrogen and oxygen atoms in total. The number of hydrogen-bond donors (Lipinski definition) is 0. The first-order valence-corrected chi connectivity index (χ1v) is 2.80. The zero-order chi connectivity index (χ0) is 7.40. The largest absolute Gasteiger partial charge is 0.293 e. The fourth-order valence-corrected chi connectivity index (χ4v) is 0.615. The highest BCUT2D eigenvalue weighted by atomic mass is 16.2. The Bertz CT molecular complexity index is 244. The molecule has 0 fully saturated rings. The van der Waals surface area contributed by atoms with Crippen LogP contribution in [0.3, 0.4) is 0 Å². The molecule has 0 heterocycles. The predicted molar refractivity (Wildman–Crippen MR) is 36.1 cm³/mol. The second-order valence-electron chi connectivity index (χ2n) is 1.77. The van der Waals surface area contributed by atoms with E-state index in [2.05, 4.69) is 6.08 Å². The van der Waals surface area contributed by atoms with E-state index >= 15 is 0 Å². The molecule has 0 aromatic rings. The molecule has 0 saturated carbocycles. The van der Waals surface area contributed by atoms with Crippen molar-refractivity contribution in [3.8, 4) is 0 Å². The van der Waals surface area contributed by atoms with Crippen LogP contribution < -0.4 is 0 Å². The maximum Gasteiger partial charge on any atom is 0.280 e. The molecule has 1 rings (SSSR count). The SMILES string of the molecule is O=CC(=O)C1=CC=C[C+]=C1. The molecule has 1 aliphatic carbocycles. The van der Waals surface area contributed by atoms with E-state index < -0.39 is 5.78 Å². The summed E-state index contributed by atoms with van der Waals surface area (Å²) in [5.41, 5.74) is 0.387. The van der Waals surface area contributed by atoms with E-state index in [-0.39, 0.29) is 0 Å². The van der Waals surface area contributed by atoms with Crippen LogP contribution in [0.25, 0.3) is 0 Å². The van der Waals surface area contributed by atoms with Gasteiger partial charge in [-0.1, -0.05) is 0 Å². The van der Waals surface area contributed by atoms with Crippen molar-refractivity contribution >= 4 is 12.1 Å². The lowest BCUT2D eigenvalue weighted by Gasteiger charge is -1.83. The third-order valence-corrected chi connectivity index (χ3v) is 1.10. The van der Waals surface area contributed by atoms with Crippen molar-refractivity contribution in [2.75, 3.05) is 0 Å². The number of aldehydes is 1. The fraction of sp³-hybridized carbons (Fsp3) is 0. The van der Waals surface area contributed by atoms with Crippen LogP contribution in [-0.2, 0) is 9.59 Å². The Hall–Kier alpha value is -1.53. The molecule has 0 N–H and O–H groups in total. The molecule has 0 unspecified atom stereocenters. The Morgan fingerprint density at radius 2 is 2.40 bits per heavy atom. The molecule has 0 spiro atoms. The molecule has 48 valence electrons. The van der Waals surface area contributed by atoms with E-state index in [9.17, 15) is 9.59 Å². The first-order valence-electron chi connectivity index (χ1n) is 2.80. The van der Waals surface area contributed by atoms with Crippen LogP contribution in [0, 0.1) is 6.08 Å². The Kier molecular flexibility index (Phi) is 1.88. The van der Waals surface area contributed by atoms with E-state index in [0.29, 0.717) is 11.9 Å². The Balaban J connectivity index is 2.84. The minimum absolute atomic E-state index is 0.295. The molecular formula is C8H5O2+. The van der Waals surface area contributed by atoms with Gasteiger partial charge in [0.15, 0.2) is 0 Å². The van der Waals surface area contributed by atoms with Gasteiger partial charge in [-0.3, -0.25) is 9.59 Å². The lowest BCUT2D eigenvalue weighted by atomic mass is 10.1. The monoisotopic (exact) mass is 133 g/mol. The summed E-state index contributed by atoms with van der Waals surface area (Å²) in [5.74, 6) is -0.503. The maximum atomic E-state index is 10.6. The van der Waals surface area contributed by atoms with Gasteiger partial charge in [0.2, 0.25) is 6.29 Å². The van der Waals surface area contributed by atoms with Crippen LogP contribution in [0.2, 0.25) is 0 Å². The third kappa shape index (κ3) is 1.24. The van der Waals surface area contributed by atoms with Gasteiger partial charge in [-0.25, -0.2) is 0 Å². The van der Waals surface area contributed by atoms with Gasteiger partial charge >= 0.3 is 0 Å². The molecule has 0 radical (unpaired) electrons. The molecule has 2 heteroatoms. The van der Waals surface area contributed by atoms with Gasteiger partial charge in [0.05, 0.1) is 6.08 Å². The number of rotatable bonds is 2. The zero-order valence-corrected chi connectivity index (χ0v) is 5.20. The number of hydrogen-bond acceptors (Lipinski definition) is 2. The molecule has 0 aliphatic heterocycles. The normalized spacial score (nSPS) is 13.8. The molecule has 0 bridgehead atoms. The molecule has 0 saturated heterocycles. The third-order valence-electron chi connectivity index (χ3n) is 1.10. The van der Waals surface area contributed by atoms with Gasteiger partial charge < -0.3 is 0 Å². The van der Waals surface area contributed by atoms with Gasteiger partial charge in [0.1, 0.15) is 17.7 Å². The summed E-state index contributed by atoms with van der Waals surface area (Å²) in [6.45, 7) is 0. The van der Waals surface area contributed by atoms with Crippen LogP contribution in [0.4, 0.5) is 0 Å². The summed E-state index contributed by atoms with van der Waals surface area (Å²) >= 11 is 0. The summed E-state index contributed by atoms with van der Waals surface area (Å²) in [7, 11) is 0. The minimum atomic E-state index is -0.503. The van der Waals surface area contributed by atoms with Crippen molar-refractivity contribution in [3.05, 3.63) is 36.0 Å². The number of allylic oxidation sites excluding steroid dienone is 6. The van der Waals surface area contributed by atoms with Crippen LogP contribution in [0.15, 0.2) is 29.9 Å². The molecule has 0 atom stereocenters. The average molecular weight is 133 g/mol. The summed E-state index contributed by atoms with van der Waals surface area (Å²) in [6.07, 6.45) is 9.38. The standard InChI is InChI=1S/C8H5O2/c9-6-8(10)7-4-2-1-3-5-7/h1-2,4-6H/q+1. The topological polar surface area (TPSA) is 34.1 Å². The number of carbonyl (C=O) groups is 2. The van der Waals surface area contributed by atoms with Crippen LogP contribution >= 0.6 is 0 Å². The van der Waals surface area contributed by atoms with Crippen molar-refractivity contribution in [2.45, 2.75) is 0 Å². The molecule has 1 aliphatic rings. The van der Waals surface area contributed by atoms with Crippen molar-refractivity contribution in [1.29, 1.82) is 0 Å². The minimum Gasteiger partial charge on any atom is -0.293 e. The van der Waals surface area contributed by atoms with Gasteiger partial charge in [-0.05, 0) is 0 Å². The Morgan fingerprint density at radius 3 is 2.90 bits per heavy atom. The van der Waals surface area contributed by atoms with Crippen molar-refractivity contribution in [2.24, 2.45) is 0 Å². The lowest BCUT2D eigenvalue weighted by molar-refractivity contribution is -0.127. The molecule has 0 amide bonds. The Morgan fingerprint density at radius 1 is 1.60 bits per heavy atom. The highest BCUT2D eigenvalue weighted by Crippen LogP contribution is 2.02. The smallest absolute Gasteiger partial charge is 0.280 e. The van der Waals surface area contributed by atoms with Gasteiger partial charge in [-0.2, -0.15) is 0 Å². The van der Waals surface area contributed by atoms with Gasteiger partial charge in [-0.15, -0.1) is 0 Å². The van der Waals surface area contributed by atoms with E-state index in [4.69, 9.17) is 0 Å². The molecule has 0 aromatic heterocycles. The molecular weight excluding hydrogens is 128 g/mol. The van der Waals surface area contributed by atoms with Gasteiger partial charge in [0.25, 0.3) is 5.78 Å². The Labute approximate surface area is 58.5 Å². The van der Waals surface area contributed by atoms with E-state index in [1.807, 2.05) is 0 Å². The highest BCUT2D eigenvalue weighted by Gasteiger charge is 2.11. The number of Topliss-reactive ketones (excluding diaryl/α,β-unsaturated/α-hetero) is 1. The zero-order valence-electron chi connectivity index (χ0n) is 5.20. The van der Waals surface area contributed by atoms with Crippen LogP contribution in [-0.4, -0.2) is 12.1 Å². The summed E-state index contributed by atoms with van der Waals surface area (Å²) in [6, 6.07) is 0. The summed E-state index contributed by atoms with van der Waals surface area (Å²) in [4.78, 5) is 20.6. The fourth-order valence-electron chi connectivity index (χ4n) is 0.615. The number of ketones is 1. The van der Waals surface area contributed by atoms with E-state index in [1.165, 1.54) is 6.08 Å². The maximum absolute atomic E-state index is 10.6. The average Bonchev–Trinajstić information content (AvgIpc) is 2.05. The predicted octanol–water partition coefficient (Wildman–Crippen LogP) is 0.610. The first kappa shape index (κ1) is 6.59. The first-order chi connectivity index (χ1) is 4.84. The second-order valence-corrected chi connectivity index (χ2v) is 1.77. The van der Waals surface area contributed by atoms with Crippen LogP contribution in [0.5, 0.6) is 0 Å². The number of carbonyl (C=O) groups excluding carboxylic acids is 2. The van der Waals surface area contributed by atoms with E-state index in [1.54, 1.807) is 18.2 Å². The summed E-state index contributed by atoms with van der Waals surface area (Å²) < 4.78 is 0.